The number of aliphatic hydroxyl groups excluding tert-OH is 1. The fourth-order valence-electron chi connectivity index (χ4n) is 4.67. The first kappa shape index (κ1) is 24.1. The molecule has 2 aromatic heterocycles. The number of aromatic nitrogens is 4. The molecular weight excluding hydrogens is 484 g/mol. The normalized spacial score (nSPS) is 17.4. The van der Waals surface area contributed by atoms with Crippen LogP contribution in [0.1, 0.15) is 29.5 Å². The highest BCUT2D eigenvalue weighted by Crippen LogP contribution is 2.38. The number of rotatable bonds is 5. The second kappa shape index (κ2) is 9.44. The molecule has 10 nitrogen and oxygen atoms in total. The van der Waals surface area contributed by atoms with Gasteiger partial charge in [-0.25, -0.2) is 9.97 Å². The summed E-state index contributed by atoms with van der Waals surface area (Å²) in [7, 11) is 0. The molecule has 0 spiro atoms. The fourth-order valence-corrected chi connectivity index (χ4v) is 4.67. The first-order valence-electron chi connectivity index (χ1n) is 11.3. The monoisotopic (exact) mass is 505 g/mol. The van der Waals surface area contributed by atoms with E-state index >= 15 is 0 Å². The Hall–Kier alpha value is -4.63. The number of para-hydroxylation sites is 1. The van der Waals surface area contributed by atoms with Crippen LogP contribution in [0.2, 0.25) is 0 Å². The summed E-state index contributed by atoms with van der Waals surface area (Å²) < 4.78 is 32.2. The van der Waals surface area contributed by atoms with Gasteiger partial charge in [-0.2, -0.15) is 19.0 Å². The van der Waals surface area contributed by atoms with Crippen molar-refractivity contribution in [3.05, 3.63) is 76.0 Å². The molecule has 0 bridgehead atoms. The third-order valence-corrected chi connectivity index (χ3v) is 6.16. The molecule has 37 heavy (non-hydrogen) atoms. The van der Waals surface area contributed by atoms with Crippen molar-refractivity contribution >= 4 is 22.7 Å². The molecule has 12 heteroatoms. The number of aryl methyl sites for hydroxylation is 1. The summed E-state index contributed by atoms with van der Waals surface area (Å²) in [5.41, 5.74) is 6.38. The molecule has 1 saturated heterocycles. The van der Waals surface area contributed by atoms with Crippen LogP contribution in [0, 0.1) is 18.3 Å². The molecule has 188 valence electrons. The zero-order valence-electron chi connectivity index (χ0n) is 19.5. The quantitative estimate of drug-likeness (QED) is 0.418. The second-order valence-corrected chi connectivity index (χ2v) is 8.51. The molecule has 1 aliphatic rings. The number of nitrogens with zero attached hydrogens (tertiary/aromatic N) is 6. The van der Waals surface area contributed by atoms with Crippen LogP contribution < -0.4 is 20.9 Å². The van der Waals surface area contributed by atoms with E-state index in [2.05, 4.69) is 20.8 Å². The summed E-state index contributed by atoms with van der Waals surface area (Å²) in [4.78, 5) is 28.6. The van der Waals surface area contributed by atoms with Gasteiger partial charge in [-0.1, -0.05) is 24.3 Å². The van der Waals surface area contributed by atoms with E-state index in [1.165, 1.54) is 22.8 Å². The Balaban J connectivity index is 1.80. The minimum atomic E-state index is -3.13. The summed E-state index contributed by atoms with van der Waals surface area (Å²) in [6, 6.07) is 14.2. The molecule has 4 aromatic rings. The minimum Gasteiger partial charge on any atom is -0.434 e. The van der Waals surface area contributed by atoms with Crippen molar-refractivity contribution in [1.29, 1.82) is 5.26 Å². The zero-order chi connectivity index (χ0) is 26.3. The minimum absolute atomic E-state index is 0.0488. The van der Waals surface area contributed by atoms with Crippen LogP contribution in [0.3, 0.4) is 0 Å². The molecule has 1 fully saturated rings. The Morgan fingerprint density at radius 2 is 1.92 bits per heavy atom. The summed E-state index contributed by atoms with van der Waals surface area (Å²) in [6.45, 7) is -1.42. The molecular formula is C25H21F2N7O3. The summed E-state index contributed by atoms with van der Waals surface area (Å²) in [5, 5.41) is 20.3. The summed E-state index contributed by atoms with van der Waals surface area (Å²) >= 11 is 0. The van der Waals surface area contributed by atoms with E-state index in [1.807, 2.05) is 0 Å². The number of anilines is 2. The maximum absolute atomic E-state index is 13.9. The van der Waals surface area contributed by atoms with Crippen molar-refractivity contribution in [1.82, 2.24) is 19.5 Å². The molecule has 0 unspecified atom stereocenters. The number of fused-ring (bicyclic) bond motifs is 1. The molecule has 0 radical (unpaired) electrons. The van der Waals surface area contributed by atoms with Gasteiger partial charge in [0.15, 0.2) is 5.82 Å². The predicted molar refractivity (Wildman–Crippen MR) is 131 cm³/mol. The van der Waals surface area contributed by atoms with Gasteiger partial charge >= 0.3 is 6.61 Å². The van der Waals surface area contributed by atoms with Gasteiger partial charge < -0.3 is 20.5 Å². The summed E-state index contributed by atoms with van der Waals surface area (Å²) in [6.07, 6.45) is -0.676. The van der Waals surface area contributed by atoms with E-state index in [0.717, 1.165) is 0 Å². The van der Waals surface area contributed by atoms with Gasteiger partial charge in [0.25, 0.3) is 5.56 Å². The van der Waals surface area contributed by atoms with Crippen LogP contribution in [0.5, 0.6) is 5.75 Å². The lowest BCUT2D eigenvalue weighted by Gasteiger charge is -2.28. The number of nitriles is 1. The molecule has 0 amide bonds. The molecule has 2 atom stereocenters. The Bertz CT molecular complexity index is 1590. The number of nitrogens with two attached hydrogens (primary N) is 1. The van der Waals surface area contributed by atoms with E-state index in [0.29, 0.717) is 11.4 Å². The maximum atomic E-state index is 13.9. The van der Waals surface area contributed by atoms with Crippen LogP contribution in [-0.2, 0) is 0 Å². The highest BCUT2D eigenvalue weighted by atomic mass is 19.3. The van der Waals surface area contributed by atoms with Gasteiger partial charge in [-0.3, -0.25) is 9.36 Å². The maximum Gasteiger partial charge on any atom is 0.387 e. The Labute approximate surface area is 209 Å². The SMILES string of the molecule is Cc1nc(N)nc(N2C[C@@H](O)C[C@H]2c2nc3cccc(OC(F)F)c3c(=O)n2-c2ccccc2)c1C#N. The van der Waals surface area contributed by atoms with Crippen molar-refractivity contribution in [2.75, 3.05) is 17.2 Å². The lowest BCUT2D eigenvalue weighted by molar-refractivity contribution is -0.0488. The molecule has 1 aliphatic heterocycles. The smallest absolute Gasteiger partial charge is 0.387 e. The number of alkyl halides is 2. The van der Waals surface area contributed by atoms with Gasteiger partial charge in [0.05, 0.1) is 29.0 Å². The van der Waals surface area contributed by atoms with Crippen LogP contribution in [0.25, 0.3) is 16.6 Å². The van der Waals surface area contributed by atoms with E-state index in [-0.39, 0.29) is 52.8 Å². The number of benzene rings is 2. The number of aliphatic hydroxyl groups is 1. The fraction of sp³-hybridized carbons (Fsp3) is 0.240. The van der Waals surface area contributed by atoms with Gasteiger partial charge in [0, 0.05) is 13.0 Å². The number of ether oxygens (including phenoxy) is 1. The van der Waals surface area contributed by atoms with Crippen molar-refractivity contribution in [2.45, 2.75) is 32.1 Å². The van der Waals surface area contributed by atoms with Crippen molar-refractivity contribution in [2.24, 2.45) is 0 Å². The third-order valence-electron chi connectivity index (χ3n) is 6.16. The number of hydrogen-bond acceptors (Lipinski definition) is 9. The van der Waals surface area contributed by atoms with Gasteiger partial charge in [0.2, 0.25) is 5.95 Å². The number of hydrogen-bond donors (Lipinski definition) is 2. The standard InChI is InChI=1S/C25H21F2N7O3/c1-13-16(11-28)21(32-25(29)30-13)33-12-15(35)10-18(33)22-31-17-8-5-9-19(37-24(26)27)20(17)23(36)34(22)14-6-3-2-4-7-14/h2-9,15,18,24,35H,10,12H2,1H3,(H2,29,30,32)/t15-,18-/m0/s1. The average molecular weight is 505 g/mol. The molecule has 0 aliphatic carbocycles. The van der Waals surface area contributed by atoms with E-state index < -0.39 is 24.3 Å². The Morgan fingerprint density at radius 1 is 1.16 bits per heavy atom. The van der Waals surface area contributed by atoms with E-state index in [1.54, 1.807) is 42.2 Å². The number of nitrogen functional groups attached to an aromatic ring is 1. The van der Waals surface area contributed by atoms with Crippen LogP contribution in [-0.4, -0.2) is 43.9 Å². The van der Waals surface area contributed by atoms with Crippen molar-refractivity contribution < 1.29 is 18.6 Å². The molecule has 0 saturated carbocycles. The molecule has 3 N–H and O–H groups in total. The Kier molecular flexibility index (Phi) is 6.14. The predicted octanol–water partition coefficient (Wildman–Crippen LogP) is 2.85. The third kappa shape index (κ3) is 4.30. The van der Waals surface area contributed by atoms with Gasteiger partial charge in [0.1, 0.15) is 28.6 Å². The lowest BCUT2D eigenvalue weighted by Crippen LogP contribution is -2.33. The first-order valence-corrected chi connectivity index (χ1v) is 11.3. The molecule has 2 aromatic carbocycles. The molecule has 3 heterocycles. The topological polar surface area (TPSA) is 143 Å². The Morgan fingerprint density at radius 3 is 2.62 bits per heavy atom. The highest BCUT2D eigenvalue weighted by molar-refractivity contribution is 5.84. The first-order chi connectivity index (χ1) is 17.8. The van der Waals surface area contributed by atoms with Crippen molar-refractivity contribution in [3.8, 4) is 17.5 Å². The highest BCUT2D eigenvalue weighted by Gasteiger charge is 2.38. The van der Waals surface area contributed by atoms with Crippen LogP contribution >= 0.6 is 0 Å². The number of β-amino-alcohol motifs (C(OH)–C–C–N with tert-alkyl or cyclic N) is 1. The van der Waals surface area contributed by atoms with E-state index in [9.17, 15) is 23.9 Å². The largest absolute Gasteiger partial charge is 0.434 e. The number of halogens is 2. The summed E-state index contributed by atoms with van der Waals surface area (Å²) in [5.74, 6) is 0.0915. The van der Waals surface area contributed by atoms with Gasteiger partial charge in [-0.05, 0) is 31.2 Å². The zero-order valence-corrected chi connectivity index (χ0v) is 19.5. The second-order valence-electron chi connectivity index (χ2n) is 8.51. The molecule has 5 rings (SSSR count). The average Bonchev–Trinajstić information content (AvgIpc) is 3.25. The van der Waals surface area contributed by atoms with E-state index in [4.69, 9.17) is 10.7 Å². The van der Waals surface area contributed by atoms with Crippen LogP contribution in [0.4, 0.5) is 20.5 Å². The lowest BCUT2D eigenvalue weighted by atomic mass is 10.1. The van der Waals surface area contributed by atoms with Crippen LogP contribution in [0.15, 0.2) is 53.3 Å². The van der Waals surface area contributed by atoms with Gasteiger partial charge in [-0.15, -0.1) is 0 Å². The van der Waals surface area contributed by atoms with Crippen molar-refractivity contribution in [3.63, 3.8) is 0 Å².